The summed E-state index contributed by atoms with van der Waals surface area (Å²) in [4.78, 5) is 4.36. The van der Waals surface area contributed by atoms with Crippen molar-refractivity contribution in [1.29, 1.82) is 0 Å². The molecule has 0 aliphatic rings. The van der Waals surface area contributed by atoms with Crippen LogP contribution in [-0.2, 0) is 0 Å². The van der Waals surface area contributed by atoms with Gasteiger partial charge in [0.05, 0.1) is 0 Å². The lowest BCUT2D eigenvalue weighted by Crippen LogP contribution is -2.25. The van der Waals surface area contributed by atoms with Crippen LogP contribution in [0.25, 0.3) is 0 Å². The Bertz CT molecular complexity index is 73.7. The zero-order chi connectivity index (χ0) is 10.7. The van der Waals surface area contributed by atoms with E-state index in [1.54, 1.807) is 0 Å². The normalized spacial score (nSPS) is 10.2. The van der Waals surface area contributed by atoms with Gasteiger partial charge in [0.2, 0.25) is 0 Å². The molecule has 0 atom stereocenters. The summed E-state index contributed by atoms with van der Waals surface area (Å²) in [7, 11) is 8.35. The van der Waals surface area contributed by atoms with Crippen molar-refractivity contribution in [1.82, 2.24) is 9.80 Å². The first kappa shape index (κ1) is 15.3. The van der Waals surface area contributed by atoms with E-state index in [1.165, 1.54) is 0 Å². The summed E-state index contributed by atoms with van der Waals surface area (Å²) in [5.41, 5.74) is 10.1. The van der Waals surface area contributed by atoms with Crippen molar-refractivity contribution in [3.8, 4) is 0 Å². The number of likely N-dealkylation sites (N-methyl/N-ethyl adjacent to an activating group) is 2. The molecule has 0 radical (unpaired) electrons. The standard InChI is InChI=1S/C6H16N2.C3H10N2/c1-7(2)5-6-8(3)4;4-2-1-3-5/h5-6H2,1-4H3;1-5H2. The molecule has 0 aromatic rings. The Labute approximate surface area is 82.9 Å². The molecule has 0 aromatic heterocycles. The van der Waals surface area contributed by atoms with E-state index >= 15 is 0 Å². The van der Waals surface area contributed by atoms with Gasteiger partial charge in [-0.3, -0.25) is 0 Å². The van der Waals surface area contributed by atoms with E-state index in [2.05, 4.69) is 38.0 Å². The Kier molecular flexibility index (Phi) is 14.0. The molecule has 0 unspecified atom stereocenters. The molecule has 0 saturated heterocycles. The maximum Gasteiger partial charge on any atom is 0.0103 e. The first-order valence-electron chi connectivity index (χ1n) is 4.74. The Hall–Kier alpha value is -0.160. The van der Waals surface area contributed by atoms with Crippen molar-refractivity contribution in [2.45, 2.75) is 6.42 Å². The minimum absolute atomic E-state index is 0.719. The van der Waals surface area contributed by atoms with Crippen molar-refractivity contribution >= 4 is 0 Å². The summed E-state index contributed by atoms with van der Waals surface area (Å²) in [5, 5.41) is 0. The first-order chi connectivity index (χ1) is 6.04. The third-order valence-electron chi connectivity index (χ3n) is 1.40. The third-order valence-corrected chi connectivity index (χ3v) is 1.40. The van der Waals surface area contributed by atoms with Crippen molar-refractivity contribution in [3.05, 3.63) is 0 Å². The highest BCUT2D eigenvalue weighted by Gasteiger charge is 1.89. The predicted octanol–water partition coefficient (Wildman–Crippen LogP) is -0.596. The topological polar surface area (TPSA) is 58.5 Å². The highest BCUT2D eigenvalue weighted by Crippen LogP contribution is 1.76. The molecule has 0 amide bonds. The smallest absolute Gasteiger partial charge is 0.0103 e. The molecule has 0 fully saturated rings. The molecule has 4 heteroatoms. The van der Waals surface area contributed by atoms with E-state index in [0.717, 1.165) is 32.6 Å². The number of hydrogen-bond donors (Lipinski definition) is 2. The Morgan fingerprint density at radius 2 is 1.08 bits per heavy atom. The van der Waals surface area contributed by atoms with Crippen molar-refractivity contribution in [3.63, 3.8) is 0 Å². The quantitative estimate of drug-likeness (QED) is 0.608. The summed E-state index contributed by atoms with van der Waals surface area (Å²) in [6.07, 6.45) is 0.944. The number of hydrogen-bond acceptors (Lipinski definition) is 4. The molecule has 0 spiro atoms. The van der Waals surface area contributed by atoms with Gasteiger partial charge in [-0.1, -0.05) is 0 Å². The Balaban J connectivity index is 0. The molecule has 0 aliphatic heterocycles. The Morgan fingerprint density at radius 1 is 0.769 bits per heavy atom. The molecule has 4 N–H and O–H groups in total. The van der Waals surface area contributed by atoms with Gasteiger partial charge >= 0.3 is 0 Å². The second-order valence-corrected chi connectivity index (χ2v) is 3.54. The number of rotatable bonds is 5. The lowest BCUT2D eigenvalue weighted by molar-refractivity contribution is 0.320. The van der Waals surface area contributed by atoms with Gasteiger partial charge in [-0.05, 0) is 47.7 Å². The lowest BCUT2D eigenvalue weighted by atomic mass is 10.4. The van der Waals surface area contributed by atoms with Crippen LogP contribution < -0.4 is 11.5 Å². The van der Waals surface area contributed by atoms with Gasteiger partial charge in [0.1, 0.15) is 0 Å². The van der Waals surface area contributed by atoms with Crippen LogP contribution in [0.5, 0.6) is 0 Å². The summed E-state index contributed by atoms with van der Waals surface area (Å²) in [6.45, 7) is 3.73. The summed E-state index contributed by atoms with van der Waals surface area (Å²) < 4.78 is 0. The molecular weight excluding hydrogens is 164 g/mol. The maximum atomic E-state index is 5.06. The van der Waals surface area contributed by atoms with Crippen molar-refractivity contribution in [2.75, 3.05) is 54.4 Å². The van der Waals surface area contributed by atoms with E-state index < -0.39 is 0 Å². The molecular formula is C9H26N4. The van der Waals surface area contributed by atoms with Crippen LogP contribution >= 0.6 is 0 Å². The maximum absolute atomic E-state index is 5.06. The third kappa shape index (κ3) is 24.5. The second kappa shape index (κ2) is 11.8. The fraction of sp³-hybridized carbons (Fsp3) is 1.00. The second-order valence-electron chi connectivity index (χ2n) is 3.54. The molecule has 0 saturated carbocycles. The van der Waals surface area contributed by atoms with E-state index in [-0.39, 0.29) is 0 Å². The van der Waals surface area contributed by atoms with Crippen LogP contribution in [0.3, 0.4) is 0 Å². The average Bonchev–Trinajstić information content (AvgIpc) is 2.03. The summed E-state index contributed by atoms with van der Waals surface area (Å²) >= 11 is 0. The van der Waals surface area contributed by atoms with Crippen LogP contribution in [0.2, 0.25) is 0 Å². The van der Waals surface area contributed by atoms with Gasteiger partial charge in [-0.2, -0.15) is 0 Å². The highest BCUT2D eigenvalue weighted by molar-refractivity contribution is 4.45. The monoisotopic (exact) mass is 190 g/mol. The van der Waals surface area contributed by atoms with Crippen molar-refractivity contribution < 1.29 is 0 Å². The van der Waals surface area contributed by atoms with E-state index in [0.29, 0.717) is 0 Å². The minimum atomic E-state index is 0.719. The molecule has 4 nitrogen and oxygen atoms in total. The van der Waals surface area contributed by atoms with E-state index in [1.807, 2.05) is 0 Å². The molecule has 0 bridgehead atoms. The predicted molar refractivity (Wildman–Crippen MR) is 59.8 cm³/mol. The van der Waals surface area contributed by atoms with Crippen molar-refractivity contribution in [2.24, 2.45) is 11.5 Å². The highest BCUT2D eigenvalue weighted by atomic mass is 15.1. The van der Waals surface area contributed by atoms with E-state index in [4.69, 9.17) is 11.5 Å². The molecule has 0 rings (SSSR count). The SMILES string of the molecule is CN(C)CCN(C)C.NCCCN. The summed E-state index contributed by atoms with van der Waals surface area (Å²) in [5.74, 6) is 0. The zero-order valence-corrected chi connectivity index (χ0v) is 9.58. The van der Waals surface area contributed by atoms with Crippen LogP contribution in [0.1, 0.15) is 6.42 Å². The molecule has 0 aliphatic carbocycles. The molecule has 13 heavy (non-hydrogen) atoms. The van der Waals surface area contributed by atoms with Gasteiger partial charge < -0.3 is 21.3 Å². The number of nitrogens with two attached hydrogens (primary N) is 2. The minimum Gasteiger partial charge on any atom is -0.330 e. The van der Waals surface area contributed by atoms with Crippen LogP contribution in [0.15, 0.2) is 0 Å². The molecule has 82 valence electrons. The number of nitrogens with zero attached hydrogens (tertiary/aromatic N) is 2. The molecule has 0 heterocycles. The van der Waals surface area contributed by atoms with Crippen LogP contribution in [0.4, 0.5) is 0 Å². The Morgan fingerprint density at radius 3 is 1.15 bits per heavy atom. The van der Waals surface area contributed by atoms with Gasteiger partial charge in [0.15, 0.2) is 0 Å². The fourth-order valence-corrected chi connectivity index (χ4v) is 0.518. The largest absolute Gasteiger partial charge is 0.330 e. The zero-order valence-electron chi connectivity index (χ0n) is 9.58. The first-order valence-corrected chi connectivity index (χ1v) is 4.74. The van der Waals surface area contributed by atoms with Crippen LogP contribution in [-0.4, -0.2) is 64.2 Å². The van der Waals surface area contributed by atoms with E-state index in [9.17, 15) is 0 Å². The summed E-state index contributed by atoms with van der Waals surface area (Å²) in [6, 6.07) is 0. The average molecular weight is 190 g/mol. The van der Waals surface area contributed by atoms with Gasteiger partial charge in [-0.25, -0.2) is 0 Å². The van der Waals surface area contributed by atoms with Gasteiger partial charge in [-0.15, -0.1) is 0 Å². The van der Waals surface area contributed by atoms with Crippen LogP contribution in [0, 0.1) is 0 Å². The van der Waals surface area contributed by atoms with Gasteiger partial charge in [0.25, 0.3) is 0 Å². The molecule has 0 aromatic carbocycles. The van der Waals surface area contributed by atoms with Gasteiger partial charge in [0, 0.05) is 13.1 Å². The lowest BCUT2D eigenvalue weighted by Gasteiger charge is -2.13. The fourth-order valence-electron chi connectivity index (χ4n) is 0.518.